The molecular formula is C20H18F3NO4. The second-order valence-corrected chi connectivity index (χ2v) is 6.20. The fourth-order valence-corrected chi connectivity index (χ4v) is 3.04. The molecule has 1 heterocycles. The molecule has 0 fully saturated rings. The maximum absolute atomic E-state index is 13.1. The zero-order chi connectivity index (χ0) is 20.3. The second-order valence-electron chi connectivity index (χ2n) is 6.20. The first-order chi connectivity index (χ1) is 13.3. The molecule has 2 aromatic carbocycles. The third-order valence-electron chi connectivity index (χ3n) is 4.28. The van der Waals surface area contributed by atoms with Crippen LogP contribution in [0, 0.1) is 0 Å². The number of anilines is 1. The van der Waals surface area contributed by atoms with Crippen LogP contribution in [-0.4, -0.2) is 31.1 Å². The third-order valence-corrected chi connectivity index (χ3v) is 4.28. The molecule has 0 N–H and O–H groups in total. The minimum Gasteiger partial charge on any atom is -0.489 e. The highest BCUT2D eigenvalue weighted by atomic mass is 19.4. The summed E-state index contributed by atoms with van der Waals surface area (Å²) in [6.45, 7) is 1.88. The highest BCUT2D eigenvalue weighted by Crippen LogP contribution is 2.36. The monoisotopic (exact) mass is 393 g/mol. The number of hydrogen-bond donors (Lipinski definition) is 0. The molecule has 3 rings (SSSR count). The van der Waals surface area contributed by atoms with E-state index in [0.29, 0.717) is 11.4 Å². The Morgan fingerprint density at radius 1 is 1.18 bits per heavy atom. The molecule has 1 aliphatic rings. The van der Waals surface area contributed by atoms with E-state index < -0.39 is 29.7 Å². The summed E-state index contributed by atoms with van der Waals surface area (Å²) < 4.78 is 49.7. The SMILES string of the molecule is CCOC(=O)C[C@H]1COc2ccccc2N1C(=O)c1cccc(C(F)(F)F)c1. The molecule has 0 aromatic heterocycles. The lowest BCUT2D eigenvalue weighted by Crippen LogP contribution is -2.48. The van der Waals surface area contributed by atoms with Crippen LogP contribution in [0.25, 0.3) is 0 Å². The maximum Gasteiger partial charge on any atom is 0.416 e. The van der Waals surface area contributed by atoms with E-state index in [1.807, 2.05) is 0 Å². The predicted octanol–water partition coefficient (Wildman–Crippen LogP) is 4.07. The van der Waals surface area contributed by atoms with Gasteiger partial charge in [-0.05, 0) is 37.3 Å². The molecule has 1 atom stereocenters. The molecule has 1 amide bonds. The summed E-state index contributed by atoms with van der Waals surface area (Å²) in [6, 6.07) is 10.2. The van der Waals surface area contributed by atoms with E-state index in [-0.39, 0.29) is 25.2 Å². The molecule has 0 radical (unpaired) electrons. The van der Waals surface area contributed by atoms with Gasteiger partial charge in [0.15, 0.2) is 0 Å². The van der Waals surface area contributed by atoms with Crippen molar-refractivity contribution in [3.8, 4) is 5.75 Å². The highest BCUT2D eigenvalue weighted by Gasteiger charge is 2.36. The Hall–Kier alpha value is -3.03. The normalized spacial score (nSPS) is 16.1. The van der Waals surface area contributed by atoms with E-state index >= 15 is 0 Å². The van der Waals surface area contributed by atoms with Gasteiger partial charge in [-0.3, -0.25) is 14.5 Å². The number of alkyl halides is 3. The first kappa shape index (κ1) is 19.7. The number of carbonyl (C=O) groups is 2. The highest BCUT2D eigenvalue weighted by molar-refractivity contribution is 6.08. The topological polar surface area (TPSA) is 55.8 Å². The van der Waals surface area contributed by atoms with Crippen molar-refractivity contribution in [1.29, 1.82) is 0 Å². The van der Waals surface area contributed by atoms with Crippen LogP contribution >= 0.6 is 0 Å². The van der Waals surface area contributed by atoms with Crippen LogP contribution in [0.1, 0.15) is 29.3 Å². The van der Waals surface area contributed by atoms with Gasteiger partial charge in [0.1, 0.15) is 12.4 Å². The molecule has 0 aliphatic carbocycles. The van der Waals surface area contributed by atoms with Crippen LogP contribution in [0.4, 0.5) is 18.9 Å². The Morgan fingerprint density at radius 3 is 2.64 bits per heavy atom. The number of amides is 1. The van der Waals surface area contributed by atoms with Crippen LogP contribution in [0.2, 0.25) is 0 Å². The van der Waals surface area contributed by atoms with Gasteiger partial charge in [-0.25, -0.2) is 0 Å². The third kappa shape index (κ3) is 4.11. The minimum atomic E-state index is -4.57. The molecule has 28 heavy (non-hydrogen) atoms. The summed E-state index contributed by atoms with van der Waals surface area (Å²) in [7, 11) is 0. The van der Waals surface area contributed by atoms with Gasteiger partial charge in [0, 0.05) is 5.56 Å². The largest absolute Gasteiger partial charge is 0.489 e. The minimum absolute atomic E-state index is 0.0283. The number of ether oxygens (including phenoxy) is 2. The standard InChI is InChI=1S/C20H18F3NO4/c1-2-27-18(25)11-15-12-28-17-9-4-3-8-16(17)24(15)19(26)13-6-5-7-14(10-13)20(21,22)23/h3-10,15H,2,11-12H2,1H3/t15-/m0/s1. The summed E-state index contributed by atoms with van der Waals surface area (Å²) in [5.41, 5.74) is -0.646. The predicted molar refractivity (Wildman–Crippen MR) is 95.2 cm³/mol. The Labute approximate surface area is 159 Å². The van der Waals surface area contributed by atoms with Crippen molar-refractivity contribution < 1.29 is 32.2 Å². The van der Waals surface area contributed by atoms with Crippen LogP contribution in [0.15, 0.2) is 48.5 Å². The van der Waals surface area contributed by atoms with E-state index in [0.717, 1.165) is 12.1 Å². The lowest BCUT2D eigenvalue weighted by molar-refractivity contribution is -0.143. The fraction of sp³-hybridized carbons (Fsp3) is 0.300. The number of carbonyl (C=O) groups excluding carboxylic acids is 2. The molecule has 1 aliphatic heterocycles. The van der Waals surface area contributed by atoms with Gasteiger partial charge in [-0.2, -0.15) is 13.2 Å². The van der Waals surface area contributed by atoms with Crippen LogP contribution in [-0.2, 0) is 15.7 Å². The Morgan fingerprint density at radius 2 is 1.93 bits per heavy atom. The number of para-hydroxylation sites is 2. The maximum atomic E-state index is 13.1. The quantitative estimate of drug-likeness (QED) is 0.735. The zero-order valence-corrected chi connectivity index (χ0v) is 15.0. The summed E-state index contributed by atoms with van der Waals surface area (Å²) >= 11 is 0. The number of hydrogen-bond acceptors (Lipinski definition) is 4. The van der Waals surface area contributed by atoms with Gasteiger partial charge in [-0.15, -0.1) is 0 Å². The van der Waals surface area contributed by atoms with Gasteiger partial charge in [0.2, 0.25) is 0 Å². The van der Waals surface area contributed by atoms with Gasteiger partial charge >= 0.3 is 12.1 Å². The first-order valence-corrected chi connectivity index (χ1v) is 8.69. The van der Waals surface area contributed by atoms with Gasteiger partial charge in [0.05, 0.1) is 30.3 Å². The van der Waals surface area contributed by atoms with Crippen molar-refractivity contribution in [3.05, 3.63) is 59.7 Å². The van der Waals surface area contributed by atoms with Crippen molar-refractivity contribution in [2.24, 2.45) is 0 Å². The van der Waals surface area contributed by atoms with Crippen LogP contribution < -0.4 is 9.64 Å². The van der Waals surface area contributed by atoms with Crippen molar-refractivity contribution in [2.45, 2.75) is 25.6 Å². The second kappa shape index (κ2) is 7.92. The molecule has 0 unspecified atom stereocenters. The van der Waals surface area contributed by atoms with Gasteiger partial charge < -0.3 is 9.47 Å². The Kier molecular flexibility index (Phi) is 5.58. The van der Waals surface area contributed by atoms with Gasteiger partial charge in [-0.1, -0.05) is 18.2 Å². The average Bonchev–Trinajstić information content (AvgIpc) is 2.67. The molecule has 2 aromatic rings. The molecule has 8 heteroatoms. The number of esters is 1. The fourth-order valence-electron chi connectivity index (χ4n) is 3.04. The Balaban J connectivity index is 1.99. The summed E-state index contributed by atoms with van der Waals surface area (Å²) in [6.07, 6.45) is -4.70. The molecular weight excluding hydrogens is 375 g/mol. The number of rotatable bonds is 4. The number of nitrogens with zero attached hydrogens (tertiary/aromatic N) is 1. The molecule has 0 bridgehead atoms. The molecule has 0 spiro atoms. The van der Waals surface area contributed by atoms with Gasteiger partial charge in [0.25, 0.3) is 5.91 Å². The van der Waals surface area contributed by atoms with Crippen LogP contribution in [0.5, 0.6) is 5.75 Å². The molecule has 5 nitrogen and oxygen atoms in total. The van der Waals surface area contributed by atoms with E-state index in [4.69, 9.17) is 9.47 Å². The first-order valence-electron chi connectivity index (χ1n) is 8.69. The van der Waals surface area contributed by atoms with E-state index in [2.05, 4.69) is 0 Å². The van der Waals surface area contributed by atoms with Crippen molar-refractivity contribution in [2.75, 3.05) is 18.1 Å². The van der Waals surface area contributed by atoms with E-state index in [9.17, 15) is 22.8 Å². The van der Waals surface area contributed by atoms with E-state index in [1.54, 1.807) is 31.2 Å². The number of benzene rings is 2. The van der Waals surface area contributed by atoms with Crippen molar-refractivity contribution in [3.63, 3.8) is 0 Å². The smallest absolute Gasteiger partial charge is 0.416 e. The number of fused-ring (bicyclic) bond motifs is 1. The van der Waals surface area contributed by atoms with E-state index in [1.165, 1.54) is 17.0 Å². The Bertz CT molecular complexity index is 882. The lowest BCUT2D eigenvalue weighted by atomic mass is 10.0. The van der Waals surface area contributed by atoms with Crippen LogP contribution in [0.3, 0.4) is 0 Å². The summed E-state index contributed by atoms with van der Waals surface area (Å²) in [5.74, 6) is -0.739. The molecule has 148 valence electrons. The zero-order valence-electron chi connectivity index (χ0n) is 15.0. The summed E-state index contributed by atoms with van der Waals surface area (Å²) in [4.78, 5) is 26.4. The lowest BCUT2D eigenvalue weighted by Gasteiger charge is -2.36. The van der Waals surface area contributed by atoms with Crippen molar-refractivity contribution in [1.82, 2.24) is 0 Å². The average molecular weight is 393 g/mol. The summed E-state index contributed by atoms with van der Waals surface area (Å²) in [5, 5.41) is 0. The number of halogens is 3. The van der Waals surface area contributed by atoms with Crippen molar-refractivity contribution >= 4 is 17.6 Å². The molecule has 0 saturated heterocycles. The molecule has 0 saturated carbocycles.